The van der Waals surface area contributed by atoms with Crippen molar-refractivity contribution < 1.29 is 4.74 Å². The average Bonchev–Trinajstić information content (AvgIpc) is 2.83. The van der Waals surface area contributed by atoms with Gasteiger partial charge in [-0.3, -0.25) is 4.90 Å². The molecule has 2 heteroatoms. The van der Waals surface area contributed by atoms with E-state index in [9.17, 15) is 0 Å². The summed E-state index contributed by atoms with van der Waals surface area (Å²) < 4.78 is 5.33. The summed E-state index contributed by atoms with van der Waals surface area (Å²) in [6.45, 7) is 7.01. The Bertz CT molecular complexity index is 312. The van der Waals surface area contributed by atoms with Gasteiger partial charge in [-0.25, -0.2) is 0 Å². The topological polar surface area (TPSA) is 12.5 Å². The maximum absolute atomic E-state index is 5.33. The first-order chi connectivity index (χ1) is 8.38. The molecule has 1 aliphatic rings. The number of hydrogen-bond donors (Lipinski definition) is 0. The standard InChI is InChI=1S/C15H22NO/c1-2-17-13-16-11-10-15(12-16)9-8-14-6-4-3-5-7-14/h3-7,13,15H,2,8-12H2,1H3. The second kappa shape index (κ2) is 6.77. The zero-order valence-corrected chi connectivity index (χ0v) is 10.6. The summed E-state index contributed by atoms with van der Waals surface area (Å²) >= 11 is 0. The van der Waals surface area contributed by atoms with Crippen molar-refractivity contribution in [1.29, 1.82) is 0 Å². The van der Waals surface area contributed by atoms with Gasteiger partial charge in [-0.1, -0.05) is 30.3 Å². The zero-order valence-electron chi connectivity index (χ0n) is 10.6. The molecule has 17 heavy (non-hydrogen) atoms. The van der Waals surface area contributed by atoms with E-state index < -0.39 is 0 Å². The van der Waals surface area contributed by atoms with Crippen molar-refractivity contribution >= 4 is 0 Å². The predicted molar refractivity (Wildman–Crippen MR) is 70.4 cm³/mol. The first kappa shape index (κ1) is 12.6. The minimum atomic E-state index is 0.769. The van der Waals surface area contributed by atoms with E-state index in [1.165, 1.54) is 24.8 Å². The molecule has 2 rings (SSSR count). The van der Waals surface area contributed by atoms with Crippen molar-refractivity contribution in [2.45, 2.75) is 26.2 Å². The van der Waals surface area contributed by atoms with E-state index in [1.54, 1.807) is 0 Å². The predicted octanol–water partition coefficient (Wildman–Crippen LogP) is 3.10. The van der Waals surface area contributed by atoms with Gasteiger partial charge < -0.3 is 4.74 Å². The molecule has 0 aliphatic carbocycles. The number of ether oxygens (including phenoxy) is 1. The van der Waals surface area contributed by atoms with Gasteiger partial charge in [-0.05, 0) is 37.7 Å². The van der Waals surface area contributed by atoms with Crippen LogP contribution in [0.1, 0.15) is 25.3 Å². The van der Waals surface area contributed by atoms with E-state index in [2.05, 4.69) is 35.2 Å². The van der Waals surface area contributed by atoms with E-state index in [0.717, 1.165) is 25.6 Å². The van der Waals surface area contributed by atoms with Gasteiger partial charge >= 0.3 is 0 Å². The van der Waals surface area contributed by atoms with Gasteiger partial charge in [0.15, 0.2) is 6.73 Å². The van der Waals surface area contributed by atoms with Crippen LogP contribution in [0.15, 0.2) is 30.3 Å². The second-order valence-corrected chi connectivity index (χ2v) is 4.73. The molecule has 1 radical (unpaired) electrons. The Morgan fingerprint density at radius 1 is 1.35 bits per heavy atom. The molecule has 0 bridgehead atoms. The fourth-order valence-corrected chi connectivity index (χ4v) is 2.39. The molecule has 0 saturated carbocycles. The minimum Gasteiger partial charge on any atom is -0.359 e. The van der Waals surface area contributed by atoms with Crippen molar-refractivity contribution in [3.63, 3.8) is 0 Å². The molecule has 1 fully saturated rings. The van der Waals surface area contributed by atoms with Crippen LogP contribution >= 0.6 is 0 Å². The van der Waals surface area contributed by atoms with Crippen LogP contribution in [0, 0.1) is 12.6 Å². The van der Waals surface area contributed by atoms with E-state index >= 15 is 0 Å². The third-order valence-electron chi connectivity index (χ3n) is 3.39. The number of nitrogens with zero attached hydrogens (tertiary/aromatic N) is 1. The fraction of sp³-hybridized carbons (Fsp3) is 0.533. The second-order valence-electron chi connectivity index (χ2n) is 4.73. The summed E-state index contributed by atoms with van der Waals surface area (Å²) in [5.41, 5.74) is 1.46. The Morgan fingerprint density at radius 2 is 2.18 bits per heavy atom. The highest BCUT2D eigenvalue weighted by molar-refractivity contribution is 5.14. The van der Waals surface area contributed by atoms with Crippen LogP contribution in [-0.4, -0.2) is 24.6 Å². The van der Waals surface area contributed by atoms with Crippen molar-refractivity contribution in [2.75, 3.05) is 19.7 Å². The average molecular weight is 232 g/mol. The van der Waals surface area contributed by atoms with Gasteiger partial charge in [0.2, 0.25) is 0 Å². The van der Waals surface area contributed by atoms with Gasteiger partial charge in [0, 0.05) is 19.7 Å². The van der Waals surface area contributed by atoms with Gasteiger partial charge in [0.25, 0.3) is 0 Å². The van der Waals surface area contributed by atoms with Crippen molar-refractivity contribution in [3.8, 4) is 0 Å². The van der Waals surface area contributed by atoms with Crippen molar-refractivity contribution in [2.24, 2.45) is 5.92 Å². The maximum atomic E-state index is 5.33. The lowest BCUT2D eigenvalue weighted by atomic mass is 9.99. The molecular formula is C15H22NO. The summed E-state index contributed by atoms with van der Waals surface area (Å²) in [7, 11) is 0. The summed E-state index contributed by atoms with van der Waals surface area (Å²) in [4.78, 5) is 2.30. The number of likely N-dealkylation sites (tertiary alicyclic amines) is 1. The van der Waals surface area contributed by atoms with Crippen LogP contribution < -0.4 is 0 Å². The van der Waals surface area contributed by atoms with Crippen LogP contribution in [0.5, 0.6) is 0 Å². The molecule has 1 heterocycles. The number of benzene rings is 1. The lowest BCUT2D eigenvalue weighted by Crippen LogP contribution is -2.19. The molecular weight excluding hydrogens is 210 g/mol. The van der Waals surface area contributed by atoms with Crippen LogP contribution in [0.25, 0.3) is 0 Å². The summed E-state index contributed by atoms with van der Waals surface area (Å²) in [6.07, 6.45) is 3.80. The zero-order chi connectivity index (χ0) is 11.9. The van der Waals surface area contributed by atoms with Gasteiger partial charge in [0.05, 0.1) is 0 Å². The Labute approximate surface area is 105 Å². The molecule has 1 aromatic carbocycles. The molecule has 1 saturated heterocycles. The van der Waals surface area contributed by atoms with E-state index in [0.29, 0.717) is 0 Å². The minimum absolute atomic E-state index is 0.769. The molecule has 1 aromatic rings. The third-order valence-corrected chi connectivity index (χ3v) is 3.39. The van der Waals surface area contributed by atoms with E-state index in [4.69, 9.17) is 4.74 Å². The molecule has 0 N–H and O–H groups in total. The van der Waals surface area contributed by atoms with E-state index in [-0.39, 0.29) is 0 Å². The summed E-state index contributed by atoms with van der Waals surface area (Å²) in [6, 6.07) is 10.8. The Hall–Kier alpha value is -0.860. The van der Waals surface area contributed by atoms with Crippen LogP contribution in [0.3, 0.4) is 0 Å². The molecule has 0 aromatic heterocycles. The van der Waals surface area contributed by atoms with Gasteiger partial charge in [-0.2, -0.15) is 0 Å². The van der Waals surface area contributed by atoms with E-state index in [1.807, 2.05) is 13.7 Å². The van der Waals surface area contributed by atoms with Crippen LogP contribution in [0.4, 0.5) is 0 Å². The Balaban J connectivity index is 1.68. The van der Waals surface area contributed by atoms with Crippen LogP contribution in [0.2, 0.25) is 0 Å². The summed E-state index contributed by atoms with van der Waals surface area (Å²) in [5.74, 6) is 0.826. The largest absolute Gasteiger partial charge is 0.359 e. The van der Waals surface area contributed by atoms with Gasteiger partial charge in [0.1, 0.15) is 0 Å². The highest BCUT2D eigenvalue weighted by Gasteiger charge is 2.22. The fourth-order valence-electron chi connectivity index (χ4n) is 2.39. The highest BCUT2D eigenvalue weighted by atomic mass is 16.5. The normalized spacial score (nSPS) is 20.9. The smallest absolute Gasteiger partial charge is 0.150 e. The number of rotatable bonds is 6. The molecule has 93 valence electrons. The quantitative estimate of drug-likeness (QED) is 0.747. The number of hydrogen-bond acceptors (Lipinski definition) is 2. The first-order valence-corrected chi connectivity index (χ1v) is 6.61. The van der Waals surface area contributed by atoms with Crippen LogP contribution in [-0.2, 0) is 11.2 Å². The van der Waals surface area contributed by atoms with Crippen molar-refractivity contribution in [1.82, 2.24) is 4.90 Å². The molecule has 1 unspecified atom stereocenters. The Kier molecular flexibility index (Phi) is 5.02. The first-order valence-electron chi connectivity index (χ1n) is 6.61. The van der Waals surface area contributed by atoms with Gasteiger partial charge in [-0.15, -0.1) is 0 Å². The lowest BCUT2D eigenvalue weighted by Gasteiger charge is -2.14. The lowest BCUT2D eigenvalue weighted by molar-refractivity contribution is 0.120. The third kappa shape index (κ3) is 4.14. The molecule has 1 atom stereocenters. The molecule has 0 spiro atoms. The molecule has 1 aliphatic heterocycles. The molecule has 0 amide bonds. The molecule has 2 nitrogen and oxygen atoms in total. The monoisotopic (exact) mass is 232 g/mol. The highest BCUT2D eigenvalue weighted by Crippen LogP contribution is 2.22. The maximum Gasteiger partial charge on any atom is 0.150 e. The SMILES string of the molecule is CCO[CH]N1CCC(CCc2ccccc2)C1. The number of aryl methyl sites for hydroxylation is 1. The Morgan fingerprint density at radius 3 is 2.94 bits per heavy atom. The summed E-state index contributed by atoms with van der Waals surface area (Å²) in [5, 5.41) is 0. The van der Waals surface area contributed by atoms with Crippen molar-refractivity contribution in [3.05, 3.63) is 42.6 Å².